The van der Waals surface area contributed by atoms with Gasteiger partial charge in [-0.1, -0.05) is 12.1 Å². The molecule has 18 heavy (non-hydrogen) atoms. The van der Waals surface area contributed by atoms with Crippen molar-refractivity contribution in [3.63, 3.8) is 0 Å². The van der Waals surface area contributed by atoms with Crippen LogP contribution in [0.2, 0.25) is 0 Å². The van der Waals surface area contributed by atoms with Gasteiger partial charge < -0.3 is 5.32 Å². The second-order valence-electron chi connectivity index (χ2n) is 4.06. The Morgan fingerprint density at radius 2 is 2.00 bits per heavy atom. The average Bonchev–Trinajstić information content (AvgIpc) is 2.66. The molecule has 1 aromatic heterocycles. The van der Waals surface area contributed by atoms with Crippen molar-refractivity contribution in [2.24, 2.45) is 0 Å². The van der Waals surface area contributed by atoms with Crippen LogP contribution in [0.3, 0.4) is 0 Å². The molecule has 0 saturated carbocycles. The molecule has 1 heterocycles. The van der Waals surface area contributed by atoms with Gasteiger partial charge in [0, 0.05) is 10.4 Å². The summed E-state index contributed by atoms with van der Waals surface area (Å²) in [7, 11) is 1.71. The number of aromatic nitrogens is 1. The molecular weight excluding hydrogens is 254 g/mol. The number of thiazole rings is 1. The summed E-state index contributed by atoms with van der Waals surface area (Å²) in [5.41, 5.74) is 1.21. The van der Waals surface area contributed by atoms with Gasteiger partial charge in [-0.05, 0) is 27.0 Å². The topological polar surface area (TPSA) is 24.9 Å². The molecule has 0 bridgehead atoms. The van der Waals surface area contributed by atoms with Gasteiger partial charge in [0.1, 0.15) is 5.01 Å². The molecule has 0 radical (unpaired) electrons. The molecule has 0 aliphatic heterocycles. The highest BCUT2D eigenvalue weighted by atomic mass is 32.1. The lowest BCUT2D eigenvalue weighted by Crippen LogP contribution is -2.19. The van der Waals surface area contributed by atoms with Crippen LogP contribution in [0.15, 0.2) is 18.2 Å². The van der Waals surface area contributed by atoms with Crippen molar-refractivity contribution in [3.8, 4) is 0 Å². The first-order valence-electron chi connectivity index (χ1n) is 5.59. The molecule has 5 heteroatoms. The first kappa shape index (κ1) is 13.1. The van der Waals surface area contributed by atoms with Gasteiger partial charge in [-0.3, -0.25) is 0 Å². The molecule has 2 aromatic rings. The van der Waals surface area contributed by atoms with E-state index in [-0.39, 0.29) is 5.56 Å². The second kappa shape index (κ2) is 5.12. The zero-order chi connectivity index (χ0) is 13.3. The van der Waals surface area contributed by atoms with Gasteiger partial charge in [-0.2, -0.15) is 0 Å². The van der Waals surface area contributed by atoms with Crippen LogP contribution in [0, 0.1) is 25.5 Å². The molecule has 0 amide bonds. The molecule has 96 valence electrons. The molecule has 0 spiro atoms. The van der Waals surface area contributed by atoms with Crippen LogP contribution in [0.4, 0.5) is 8.78 Å². The molecule has 0 fully saturated rings. The van der Waals surface area contributed by atoms with Gasteiger partial charge in [0.05, 0.1) is 11.7 Å². The van der Waals surface area contributed by atoms with Crippen molar-refractivity contribution in [1.82, 2.24) is 10.3 Å². The highest BCUT2D eigenvalue weighted by molar-refractivity contribution is 7.11. The van der Waals surface area contributed by atoms with Gasteiger partial charge in [-0.25, -0.2) is 13.8 Å². The van der Waals surface area contributed by atoms with E-state index in [2.05, 4.69) is 10.3 Å². The van der Waals surface area contributed by atoms with Gasteiger partial charge >= 0.3 is 0 Å². The molecule has 1 N–H and O–H groups in total. The average molecular weight is 268 g/mol. The Morgan fingerprint density at radius 3 is 2.56 bits per heavy atom. The summed E-state index contributed by atoms with van der Waals surface area (Å²) in [6.07, 6.45) is 0. The highest BCUT2D eigenvalue weighted by Crippen LogP contribution is 2.29. The Hall–Kier alpha value is -1.33. The van der Waals surface area contributed by atoms with Crippen molar-refractivity contribution in [3.05, 3.63) is 51.0 Å². The van der Waals surface area contributed by atoms with E-state index in [0.717, 1.165) is 21.6 Å². The lowest BCUT2D eigenvalue weighted by Gasteiger charge is -2.14. The number of aryl methyl sites for hydroxylation is 2. The maximum absolute atomic E-state index is 13.8. The minimum absolute atomic E-state index is 0.284. The van der Waals surface area contributed by atoms with E-state index in [1.165, 1.54) is 17.4 Å². The summed E-state index contributed by atoms with van der Waals surface area (Å²) in [6, 6.07) is 3.78. The minimum Gasteiger partial charge on any atom is -0.307 e. The number of rotatable bonds is 3. The van der Waals surface area contributed by atoms with Crippen LogP contribution in [-0.4, -0.2) is 12.0 Å². The lowest BCUT2D eigenvalue weighted by atomic mass is 10.1. The summed E-state index contributed by atoms with van der Waals surface area (Å²) in [4.78, 5) is 5.48. The molecule has 1 aromatic carbocycles. The highest BCUT2D eigenvalue weighted by Gasteiger charge is 2.21. The van der Waals surface area contributed by atoms with Crippen molar-refractivity contribution >= 4 is 11.3 Å². The van der Waals surface area contributed by atoms with E-state index in [1.807, 2.05) is 13.8 Å². The predicted octanol–water partition coefficient (Wildman–Crippen LogP) is 3.35. The van der Waals surface area contributed by atoms with E-state index in [9.17, 15) is 8.78 Å². The zero-order valence-electron chi connectivity index (χ0n) is 10.4. The van der Waals surface area contributed by atoms with Crippen LogP contribution >= 0.6 is 11.3 Å². The van der Waals surface area contributed by atoms with E-state index in [0.29, 0.717) is 0 Å². The lowest BCUT2D eigenvalue weighted by molar-refractivity contribution is 0.487. The first-order valence-corrected chi connectivity index (χ1v) is 6.41. The Bertz CT molecular complexity index is 547. The fourth-order valence-electron chi connectivity index (χ4n) is 1.78. The van der Waals surface area contributed by atoms with Crippen molar-refractivity contribution < 1.29 is 8.78 Å². The van der Waals surface area contributed by atoms with Crippen LogP contribution in [0.1, 0.15) is 27.2 Å². The van der Waals surface area contributed by atoms with Crippen molar-refractivity contribution in [2.75, 3.05) is 7.05 Å². The standard InChI is InChI=1S/C13H14F2N2S/c1-7-8(2)18-13(17-7)12(16-3)9-5-4-6-10(14)11(9)15/h4-6,12,16H,1-3H3. The SMILES string of the molecule is CNC(c1nc(C)c(C)s1)c1cccc(F)c1F. The molecule has 0 aliphatic rings. The number of halogens is 2. The van der Waals surface area contributed by atoms with Crippen molar-refractivity contribution in [2.45, 2.75) is 19.9 Å². The van der Waals surface area contributed by atoms with Gasteiger partial charge in [0.2, 0.25) is 0 Å². The summed E-state index contributed by atoms with van der Waals surface area (Å²) < 4.78 is 27.0. The number of hydrogen-bond acceptors (Lipinski definition) is 3. The Morgan fingerprint density at radius 1 is 1.28 bits per heavy atom. The zero-order valence-corrected chi connectivity index (χ0v) is 11.2. The van der Waals surface area contributed by atoms with Gasteiger partial charge in [-0.15, -0.1) is 11.3 Å². The predicted molar refractivity (Wildman–Crippen MR) is 68.8 cm³/mol. The van der Waals surface area contributed by atoms with Gasteiger partial charge in [0.25, 0.3) is 0 Å². The maximum Gasteiger partial charge on any atom is 0.164 e. The molecule has 0 saturated heterocycles. The molecule has 1 unspecified atom stereocenters. The Balaban J connectivity index is 2.48. The van der Waals surface area contributed by atoms with E-state index >= 15 is 0 Å². The number of benzene rings is 1. The molecule has 1 atom stereocenters. The third kappa shape index (κ3) is 2.28. The molecule has 2 nitrogen and oxygen atoms in total. The fraction of sp³-hybridized carbons (Fsp3) is 0.308. The van der Waals surface area contributed by atoms with Crippen LogP contribution in [-0.2, 0) is 0 Å². The van der Waals surface area contributed by atoms with E-state index in [1.54, 1.807) is 13.1 Å². The Kier molecular flexibility index (Phi) is 3.73. The summed E-state index contributed by atoms with van der Waals surface area (Å²) in [5.74, 6) is -1.65. The normalized spacial score (nSPS) is 12.7. The van der Waals surface area contributed by atoms with E-state index in [4.69, 9.17) is 0 Å². The number of hydrogen-bond donors (Lipinski definition) is 1. The second-order valence-corrected chi connectivity index (χ2v) is 5.29. The minimum atomic E-state index is -0.835. The molecular formula is C13H14F2N2S. The summed E-state index contributed by atoms with van der Waals surface area (Å²) in [5, 5.41) is 3.73. The molecule has 2 rings (SSSR count). The number of nitrogens with zero attached hydrogens (tertiary/aromatic N) is 1. The van der Waals surface area contributed by atoms with Gasteiger partial charge in [0.15, 0.2) is 11.6 Å². The van der Waals surface area contributed by atoms with Crippen molar-refractivity contribution in [1.29, 1.82) is 0 Å². The van der Waals surface area contributed by atoms with E-state index < -0.39 is 17.7 Å². The first-order chi connectivity index (χ1) is 8.54. The van der Waals surface area contributed by atoms with Crippen LogP contribution < -0.4 is 5.32 Å². The fourth-order valence-corrected chi connectivity index (χ4v) is 2.83. The smallest absolute Gasteiger partial charge is 0.164 e. The van der Waals surface area contributed by atoms with Crippen LogP contribution in [0.5, 0.6) is 0 Å². The summed E-state index contributed by atoms with van der Waals surface area (Å²) in [6.45, 7) is 3.87. The third-order valence-electron chi connectivity index (χ3n) is 2.87. The number of nitrogens with one attached hydrogen (secondary N) is 1. The monoisotopic (exact) mass is 268 g/mol. The maximum atomic E-state index is 13.8. The molecule has 0 aliphatic carbocycles. The Labute approximate surface area is 109 Å². The largest absolute Gasteiger partial charge is 0.307 e. The van der Waals surface area contributed by atoms with Crippen LogP contribution in [0.25, 0.3) is 0 Å². The third-order valence-corrected chi connectivity index (χ3v) is 4.01. The quantitative estimate of drug-likeness (QED) is 0.923. The summed E-state index contributed by atoms with van der Waals surface area (Å²) >= 11 is 1.49.